The third kappa shape index (κ3) is 0.959. The van der Waals surface area contributed by atoms with Gasteiger partial charge in [0, 0.05) is 6.07 Å². The molecule has 0 aliphatic rings. The van der Waals surface area contributed by atoms with Crippen LogP contribution in [0.1, 0.15) is 11.3 Å². The van der Waals surface area contributed by atoms with Crippen molar-refractivity contribution in [2.75, 3.05) is 0 Å². The second kappa shape index (κ2) is 2.60. The molecule has 0 aliphatic heterocycles. The van der Waals surface area contributed by atoms with E-state index in [1.54, 1.807) is 6.92 Å². The van der Waals surface area contributed by atoms with Crippen molar-refractivity contribution in [3.8, 4) is 17.8 Å². The topological polar surface area (TPSA) is 94.4 Å². The highest BCUT2D eigenvalue weighted by Gasteiger charge is 2.12. The molecule has 14 heavy (non-hydrogen) atoms. The first kappa shape index (κ1) is 8.31. The molecule has 0 unspecified atom stereocenters. The molecule has 2 N–H and O–H groups in total. The average Bonchev–Trinajstić information content (AvgIpc) is 2.47. The molecule has 6 heteroatoms. The zero-order chi connectivity index (χ0) is 10.3. The number of nitriles is 1. The van der Waals surface area contributed by atoms with Crippen molar-refractivity contribution in [3.05, 3.63) is 17.3 Å². The van der Waals surface area contributed by atoms with Gasteiger partial charge in [-0.3, -0.25) is 0 Å². The number of fused-ring (bicyclic) bond motifs is 1. The van der Waals surface area contributed by atoms with E-state index in [-0.39, 0.29) is 17.3 Å². The molecule has 0 spiro atoms. The van der Waals surface area contributed by atoms with Crippen LogP contribution in [0.25, 0.3) is 5.65 Å². The van der Waals surface area contributed by atoms with Gasteiger partial charge in [0.25, 0.3) is 0 Å². The molecular weight excluding hydrogens is 184 g/mol. The van der Waals surface area contributed by atoms with E-state index < -0.39 is 0 Å². The maximum Gasteiger partial charge on any atom is 0.333 e. The van der Waals surface area contributed by atoms with E-state index in [4.69, 9.17) is 10.4 Å². The molecule has 6 nitrogen and oxygen atoms in total. The summed E-state index contributed by atoms with van der Waals surface area (Å²) in [6, 6.07) is 2.73. The predicted octanol–water partition coefficient (Wildman–Crippen LogP) is 0.321. The molecule has 0 fully saturated rings. The fraction of sp³-hybridized carbons (Fsp3) is 0.125. The van der Waals surface area contributed by atoms with Gasteiger partial charge in [-0.2, -0.15) is 10.2 Å². The van der Waals surface area contributed by atoms with Crippen molar-refractivity contribution >= 4 is 5.65 Å². The summed E-state index contributed by atoms with van der Waals surface area (Å²) in [5, 5.41) is 30.8. The molecular formula is C8H6N4O2. The highest BCUT2D eigenvalue weighted by Crippen LogP contribution is 2.22. The van der Waals surface area contributed by atoms with Crippen molar-refractivity contribution < 1.29 is 10.2 Å². The quantitative estimate of drug-likeness (QED) is 0.623. The first-order valence-electron chi connectivity index (χ1n) is 3.82. The van der Waals surface area contributed by atoms with Crippen LogP contribution in [0.4, 0.5) is 0 Å². The van der Waals surface area contributed by atoms with E-state index in [1.165, 1.54) is 10.6 Å². The van der Waals surface area contributed by atoms with Gasteiger partial charge in [-0.15, -0.1) is 5.10 Å². The summed E-state index contributed by atoms with van der Waals surface area (Å²) in [6.45, 7) is 1.61. The van der Waals surface area contributed by atoms with E-state index in [1.807, 2.05) is 6.07 Å². The average molecular weight is 190 g/mol. The summed E-state index contributed by atoms with van der Waals surface area (Å²) in [5.41, 5.74) is 0.870. The summed E-state index contributed by atoms with van der Waals surface area (Å²) in [7, 11) is 0. The number of aryl methyl sites for hydroxylation is 1. The Kier molecular flexibility index (Phi) is 1.54. The fourth-order valence-corrected chi connectivity index (χ4v) is 1.28. The number of hydrogen-bond donors (Lipinski definition) is 2. The highest BCUT2D eigenvalue weighted by atomic mass is 16.3. The lowest BCUT2D eigenvalue weighted by atomic mass is 10.2. The minimum Gasteiger partial charge on any atom is -0.506 e. The second-order valence-corrected chi connectivity index (χ2v) is 2.78. The van der Waals surface area contributed by atoms with Crippen LogP contribution < -0.4 is 0 Å². The van der Waals surface area contributed by atoms with Gasteiger partial charge in [0.15, 0.2) is 5.65 Å². The van der Waals surface area contributed by atoms with Crippen LogP contribution in [0.2, 0.25) is 0 Å². The zero-order valence-electron chi connectivity index (χ0n) is 7.26. The van der Waals surface area contributed by atoms with E-state index in [0.717, 1.165) is 0 Å². The fourth-order valence-electron chi connectivity index (χ4n) is 1.28. The van der Waals surface area contributed by atoms with Crippen molar-refractivity contribution in [1.29, 1.82) is 5.26 Å². The number of aromatic nitrogens is 3. The lowest BCUT2D eigenvalue weighted by molar-refractivity contribution is 0.430. The maximum atomic E-state index is 9.41. The van der Waals surface area contributed by atoms with Crippen LogP contribution in [-0.4, -0.2) is 24.8 Å². The van der Waals surface area contributed by atoms with Crippen molar-refractivity contribution in [2.45, 2.75) is 6.92 Å². The molecule has 0 radical (unpaired) electrons. The SMILES string of the molecule is Cc1c(C#N)c(O)cc2nc(O)nn12. The van der Waals surface area contributed by atoms with Crippen LogP contribution in [-0.2, 0) is 0 Å². The van der Waals surface area contributed by atoms with Crippen molar-refractivity contribution in [3.63, 3.8) is 0 Å². The molecule has 0 saturated carbocycles. The molecule has 2 aromatic heterocycles. The van der Waals surface area contributed by atoms with Gasteiger partial charge >= 0.3 is 6.01 Å². The van der Waals surface area contributed by atoms with Crippen LogP contribution in [0.5, 0.6) is 11.8 Å². The number of nitrogens with zero attached hydrogens (tertiary/aromatic N) is 4. The van der Waals surface area contributed by atoms with Crippen molar-refractivity contribution in [1.82, 2.24) is 14.6 Å². The first-order chi connectivity index (χ1) is 6.63. The summed E-state index contributed by atoms with van der Waals surface area (Å²) >= 11 is 0. The van der Waals surface area contributed by atoms with Crippen molar-refractivity contribution in [2.24, 2.45) is 0 Å². The Balaban J connectivity index is 2.93. The monoisotopic (exact) mass is 190 g/mol. The third-order valence-corrected chi connectivity index (χ3v) is 1.93. The van der Waals surface area contributed by atoms with Gasteiger partial charge in [-0.25, -0.2) is 4.52 Å². The van der Waals surface area contributed by atoms with Crippen LogP contribution in [0.3, 0.4) is 0 Å². The predicted molar refractivity (Wildman–Crippen MR) is 45.8 cm³/mol. The molecule has 0 atom stereocenters. The Hall–Kier alpha value is -2.29. The Bertz CT molecular complexity index is 552. The van der Waals surface area contributed by atoms with Gasteiger partial charge in [-0.05, 0) is 6.92 Å². The molecule has 2 aromatic rings. The van der Waals surface area contributed by atoms with Gasteiger partial charge < -0.3 is 10.2 Å². The summed E-state index contributed by atoms with van der Waals surface area (Å²) in [5.74, 6) is -0.162. The standard InChI is InChI=1S/C8H6N4O2/c1-4-5(3-9)6(13)2-7-10-8(14)11-12(4)7/h2,13H,1H3,(H,11,14). The van der Waals surface area contributed by atoms with E-state index >= 15 is 0 Å². The normalized spacial score (nSPS) is 10.3. The Morgan fingerprint density at radius 3 is 2.86 bits per heavy atom. The highest BCUT2D eigenvalue weighted by molar-refractivity contribution is 5.55. The molecule has 70 valence electrons. The lowest BCUT2D eigenvalue weighted by Crippen LogP contribution is -1.97. The molecule has 0 aliphatic carbocycles. The van der Waals surface area contributed by atoms with Gasteiger partial charge in [0.1, 0.15) is 17.4 Å². The third-order valence-electron chi connectivity index (χ3n) is 1.93. The largest absolute Gasteiger partial charge is 0.506 e. The summed E-state index contributed by atoms with van der Waals surface area (Å²) in [4.78, 5) is 3.65. The van der Waals surface area contributed by atoms with Crippen LogP contribution >= 0.6 is 0 Å². The minimum absolute atomic E-state index is 0.127. The van der Waals surface area contributed by atoms with E-state index in [2.05, 4.69) is 10.1 Å². The van der Waals surface area contributed by atoms with E-state index in [9.17, 15) is 5.11 Å². The maximum absolute atomic E-state index is 9.41. The first-order valence-corrected chi connectivity index (χ1v) is 3.82. The number of rotatable bonds is 0. The van der Waals surface area contributed by atoms with Gasteiger partial charge in [-0.1, -0.05) is 0 Å². The Morgan fingerprint density at radius 2 is 2.21 bits per heavy atom. The number of hydrogen-bond acceptors (Lipinski definition) is 5. The zero-order valence-corrected chi connectivity index (χ0v) is 7.26. The Morgan fingerprint density at radius 1 is 1.50 bits per heavy atom. The summed E-state index contributed by atoms with van der Waals surface area (Å²) < 4.78 is 1.30. The smallest absolute Gasteiger partial charge is 0.333 e. The van der Waals surface area contributed by atoms with Crippen LogP contribution in [0.15, 0.2) is 6.07 Å². The minimum atomic E-state index is -0.386. The van der Waals surface area contributed by atoms with Gasteiger partial charge in [0.05, 0.1) is 5.69 Å². The van der Waals surface area contributed by atoms with Crippen LogP contribution in [0, 0.1) is 18.3 Å². The molecule has 2 heterocycles. The Labute approximate surface area is 78.7 Å². The molecule has 0 bridgehead atoms. The molecule has 0 saturated heterocycles. The molecule has 0 amide bonds. The molecule has 0 aromatic carbocycles. The van der Waals surface area contributed by atoms with Gasteiger partial charge in [0.2, 0.25) is 0 Å². The molecule has 2 rings (SSSR count). The second-order valence-electron chi connectivity index (χ2n) is 2.78. The van der Waals surface area contributed by atoms with E-state index in [0.29, 0.717) is 11.3 Å². The lowest BCUT2D eigenvalue weighted by Gasteiger charge is -2.01. The number of pyridine rings is 1. The summed E-state index contributed by atoms with van der Waals surface area (Å²) in [6.07, 6.45) is 0. The number of aromatic hydroxyl groups is 2.